The molecule has 2 fully saturated rings. The van der Waals surface area contributed by atoms with Gasteiger partial charge in [-0.15, -0.1) is 5.10 Å². The minimum Gasteiger partial charge on any atom is -0.335 e. The highest BCUT2D eigenvalue weighted by Crippen LogP contribution is 2.29. The van der Waals surface area contributed by atoms with Gasteiger partial charge in [-0.3, -0.25) is 5.10 Å². The van der Waals surface area contributed by atoms with Crippen molar-refractivity contribution in [3.8, 4) is 0 Å². The van der Waals surface area contributed by atoms with Gasteiger partial charge in [0.2, 0.25) is 5.95 Å². The summed E-state index contributed by atoms with van der Waals surface area (Å²) in [4.78, 5) is 7.10. The number of fused-ring (bicyclic) bond motifs is 1. The molecule has 2 N–H and O–H groups in total. The lowest BCUT2D eigenvalue weighted by Gasteiger charge is -2.36. The number of aromatic nitrogens is 3. The Labute approximate surface area is 115 Å². The predicted octanol–water partition coefficient (Wildman–Crippen LogP) is 1.58. The molecular formula is C14H25N5. The lowest BCUT2D eigenvalue weighted by atomic mass is 9.92. The highest BCUT2D eigenvalue weighted by molar-refractivity contribution is 5.33. The minimum atomic E-state index is 0.600. The summed E-state index contributed by atoms with van der Waals surface area (Å²) in [7, 11) is 0. The maximum Gasteiger partial charge on any atom is 0.245 e. The molecule has 0 spiro atoms. The third-order valence-corrected chi connectivity index (χ3v) is 4.41. The molecule has 5 heteroatoms. The highest BCUT2D eigenvalue weighted by atomic mass is 15.4. The SMILES string of the molecule is CC(C)CCc1nc(N2CCCC3CNCC32)n[nH]1. The van der Waals surface area contributed by atoms with E-state index in [0.717, 1.165) is 43.7 Å². The Morgan fingerprint density at radius 2 is 2.26 bits per heavy atom. The van der Waals surface area contributed by atoms with Crippen LogP contribution in [0.25, 0.3) is 0 Å². The van der Waals surface area contributed by atoms with Crippen molar-refractivity contribution in [2.75, 3.05) is 24.5 Å². The van der Waals surface area contributed by atoms with Crippen molar-refractivity contribution >= 4 is 5.95 Å². The van der Waals surface area contributed by atoms with Crippen LogP contribution in [-0.2, 0) is 6.42 Å². The Kier molecular flexibility index (Phi) is 3.73. The number of aromatic amines is 1. The minimum absolute atomic E-state index is 0.600. The van der Waals surface area contributed by atoms with Crippen LogP contribution in [0.5, 0.6) is 0 Å². The summed E-state index contributed by atoms with van der Waals surface area (Å²) in [6.07, 6.45) is 4.78. The molecule has 0 radical (unpaired) electrons. The first-order valence-electron chi connectivity index (χ1n) is 7.62. The first-order chi connectivity index (χ1) is 9.24. The zero-order valence-corrected chi connectivity index (χ0v) is 12.0. The number of nitrogens with zero attached hydrogens (tertiary/aromatic N) is 3. The zero-order valence-electron chi connectivity index (χ0n) is 12.0. The number of piperidine rings is 1. The van der Waals surface area contributed by atoms with Crippen LogP contribution in [-0.4, -0.2) is 40.9 Å². The second kappa shape index (κ2) is 5.49. The van der Waals surface area contributed by atoms with Gasteiger partial charge in [-0.05, 0) is 31.1 Å². The second-order valence-corrected chi connectivity index (χ2v) is 6.34. The zero-order chi connectivity index (χ0) is 13.2. The van der Waals surface area contributed by atoms with Gasteiger partial charge in [0.15, 0.2) is 0 Å². The fourth-order valence-corrected chi connectivity index (χ4v) is 3.27. The first-order valence-corrected chi connectivity index (χ1v) is 7.62. The second-order valence-electron chi connectivity index (χ2n) is 6.34. The van der Waals surface area contributed by atoms with E-state index in [1.165, 1.54) is 19.3 Å². The maximum absolute atomic E-state index is 4.70. The fourth-order valence-electron chi connectivity index (χ4n) is 3.27. The molecule has 0 aliphatic carbocycles. The van der Waals surface area contributed by atoms with Crippen molar-refractivity contribution in [2.24, 2.45) is 11.8 Å². The lowest BCUT2D eigenvalue weighted by molar-refractivity contribution is 0.381. The quantitative estimate of drug-likeness (QED) is 0.866. The summed E-state index contributed by atoms with van der Waals surface area (Å²) < 4.78 is 0. The fraction of sp³-hybridized carbons (Fsp3) is 0.857. The normalized spacial score (nSPS) is 27.0. The number of anilines is 1. The molecule has 106 valence electrons. The van der Waals surface area contributed by atoms with Gasteiger partial charge < -0.3 is 10.2 Å². The molecule has 0 aromatic carbocycles. The van der Waals surface area contributed by atoms with Crippen molar-refractivity contribution in [1.29, 1.82) is 0 Å². The number of nitrogens with one attached hydrogen (secondary N) is 2. The summed E-state index contributed by atoms with van der Waals surface area (Å²) in [6, 6.07) is 0.600. The molecule has 2 aliphatic heterocycles. The largest absolute Gasteiger partial charge is 0.335 e. The third-order valence-electron chi connectivity index (χ3n) is 4.41. The molecule has 1 aromatic rings. The van der Waals surface area contributed by atoms with E-state index in [1.807, 2.05) is 0 Å². The molecule has 0 saturated carbocycles. The Balaban J connectivity index is 1.67. The molecule has 5 nitrogen and oxygen atoms in total. The van der Waals surface area contributed by atoms with Gasteiger partial charge >= 0.3 is 0 Å². The molecule has 2 saturated heterocycles. The van der Waals surface area contributed by atoms with Crippen LogP contribution < -0.4 is 10.2 Å². The van der Waals surface area contributed by atoms with Gasteiger partial charge in [-0.1, -0.05) is 13.8 Å². The van der Waals surface area contributed by atoms with Gasteiger partial charge in [0, 0.05) is 32.1 Å². The Hall–Kier alpha value is -1.10. The average Bonchev–Trinajstić information content (AvgIpc) is 3.04. The van der Waals surface area contributed by atoms with E-state index in [1.54, 1.807) is 0 Å². The molecule has 2 aliphatic rings. The van der Waals surface area contributed by atoms with E-state index < -0.39 is 0 Å². The average molecular weight is 263 g/mol. The summed E-state index contributed by atoms with van der Waals surface area (Å²) in [5.74, 6) is 3.45. The summed E-state index contributed by atoms with van der Waals surface area (Å²) in [5, 5.41) is 11.1. The summed E-state index contributed by atoms with van der Waals surface area (Å²) in [5.41, 5.74) is 0. The smallest absolute Gasteiger partial charge is 0.245 e. The van der Waals surface area contributed by atoms with Crippen LogP contribution >= 0.6 is 0 Å². The summed E-state index contributed by atoms with van der Waals surface area (Å²) >= 11 is 0. The van der Waals surface area contributed by atoms with Crippen molar-refractivity contribution in [3.63, 3.8) is 0 Å². The number of aryl methyl sites for hydroxylation is 1. The number of rotatable bonds is 4. The van der Waals surface area contributed by atoms with E-state index in [4.69, 9.17) is 4.98 Å². The van der Waals surface area contributed by atoms with Gasteiger partial charge in [0.25, 0.3) is 0 Å². The lowest BCUT2D eigenvalue weighted by Crippen LogP contribution is -2.45. The molecule has 2 unspecified atom stereocenters. The molecule has 1 aromatic heterocycles. The van der Waals surface area contributed by atoms with Crippen LogP contribution in [0.3, 0.4) is 0 Å². The molecule has 3 rings (SSSR count). The molecular weight excluding hydrogens is 238 g/mol. The molecule has 3 heterocycles. The van der Waals surface area contributed by atoms with E-state index in [0.29, 0.717) is 12.0 Å². The van der Waals surface area contributed by atoms with E-state index in [2.05, 4.69) is 34.3 Å². The predicted molar refractivity (Wildman–Crippen MR) is 76.3 cm³/mol. The van der Waals surface area contributed by atoms with Crippen LogP contribution in [0.1, 0.15) is 38.9 Å². The molecule has 2 atom stereocenters. The van der Waals surface area contributed by atoms with Crippen LogP contribution in [0.2, 0.25) is 0 Å². The Bertz CT molecular complexity index is 414. The van der Waals surface area contributed by atoms with Crippen molar-refractivity contribution < 1.29 is 0 Å². The molecule has 0 bridgehead atoms. The Morgan fingerprint density at radius 1 is 1.37 bits per heavy atom. The monoisotopic (exact) mass is 263 g/mol. The molecule has 19 heavy (non-hydrogen) atoms. The van der Waals surface area contributed by atoms with Crippen molar-refractivity contribution in [3.05, 3.63) is 5.82 Å². The van der Waals surface area contributed by atoms with Gasteiger partial charge in [-0.25, -0.2) is 0 Å². The van der Waals surface area contributed by atoms with Crippen LogP contribution in [0.15, 0.2) is 0 Å². The highest BCUT2D eigenvalue weighted by Gasteiger charge is 2.36. The van der Waals surface area contributed by atoms with Gasteiger partial charge in [-0.2, -0.15) is 4.98 Å². The first kappa shape index (κ1) is 12.9. The van der Waals surface area contributed by atoms with E-state index in [9.17, 15) is 0 Å². The number of hydrogen-bond acceptors (Lipinski definition) is 4. The van der Waals surface area contributed by atoms with Crippen LogP contribution in [0.4, 0.5) is 5.95 Å². The standard InChI is InChI=1S/C14H25N5/c1-10(2)5-6-13-16-14(18-17-13)19-7-3-4-11-8-15-9-12(11)19/h10-12,15H,3-9H2,1-2H3,(H,16,17,18). The third kappa shape index (κ3) is 2.76. The topological polar surface area (TPSA) is 56.8 Å². The number of hydrogen-bond donors (Lipinski definition) is 2. The van der Waals surface area contributed by atoms with Gasteiger partial charge in [0.05, 0.1) is 0 Å². The van der Waals surface area contributed by atoms with Crippen molar-refractivity contribution in [2.45, 2.75) is 45.6 Å². The Morgan fingerprint density at radius 3 is 3.11 bits per heavy atom. The van der Waals surface area contributed by atoms with Crippen LogP contribution in [0, 0.1) is 11.8 Å². The van der Waals surface area contributed by atoms with Crippen molar-refractivity contribution in [1.82, 2.24) is 20.5 Å². The summed E-state index contributed by atoms with van der Waals surface area (Å²) in [6.45, 7) is 7.84. The van der Waals surface area contributed by atoms with Gasteiger partial charge in [0.1, 0.15) is 5.82 Å². The number of H-pyrrole nitrogens is 1. The van der Waals surface area contributed by atoms with E-state index in [-0.39, 0.29) is 0 Å². The van der Waals surface area contributed by atoms with E-state index >= 15 is 0 Å². The molecule has 0 amide bonds. The maximum atomic E-state index is 4.70.